The Hall–Kier alpha value is -1.65. The van der Waals surface area contributed by atoms with Crippen LogP contribution in [0.3, 0.4) is 0 Å². The van der Waals surface area contributed by atoms with E-state index in [0.717, 1.165) is 9.18 Å². The molecule has 0 radical (unpaired) electrons. The zero-order valence-corrected chi connectivity index (χ0v) is 16.8. The van der Waals surface area contributed by atoms with Crippen molar-refractivity contribution in [2.45, 2.75) is 11.4 Å². The number of halogens is 2. The predicted molar refractivity (Wildman–Crippen MR) is 99.3 cm³/mol. The van der Waals surface area contributed by atoms with Gasteiger partial charge in [0.1, 0.15) is 15.7 Å². The molecule has 0 aliphatic carbocycles. The summed E-state index contributed by atoms with van der Waals surface area (Å²) in [4.78, 5) is 4.91. The maximum absolute atomic E-state index is 12.8. The molecule has 0 bridgehead atoms. The predicted octanol–water partition coefficient (Wildman–Crippen LogP) is 3.93. The number of nitrogens with zero attached hydrogens (tertiary/aromatic N) is 3. The van der Waals surface area contributed by atoms with E-state index in [1.165, 1.54) is 37.6 Å². The van der Waals surface area contributed by atoms with Crippen LogP contribution in [0.2, 0.25) is 10.0 Å². The highest BCUT2D eigenvalue weighted by Gasteiger charge is 2.27. The molecule has 0 atom stereocenters. The van der Waals surface area contributed by atoms with Crippen LogP contribution < -0.4 is 4.74 Å². The van der Waals surface area contributed by atoms with Crippen molar-refractivity contribution in [1.29, 1.82) is 0 Å². The van der Waals surface area contributed by atoms with E-state index in [1.54, 1.807) is 0 Å². The van der Waals surface area contributed by atoms with E-state index in [-0.39, 0.29) is 33.1 Å². The van der Waals surface area contributed by atoms with Crippen molar-refractivity contribution in [3.63, 3.8) is 0 Å². The van der Waals surface area contributed by atoms with Crippen molar-refractivity contribution in [3.05, 3.63) is 45.6 Å². The van der Waals surface area contributed by atoms with Crippen LogP contribution in [0.25, 0.3) is 10.7 Å². The number of methoxy groups -OCH3 is 1. The fourth-order valence-corrected chi connectivity index (χ4v) is 4.72. The molecule has 11 heteroatoms. The second-order valence-electron chi connectivity index (χ2n) is 5.14. The van der Waals surface area contributed by atoms with Crippen molar-refractivity contribution in [1.82, 2.24) is 14.4 Å². The fourth-order valence-electron chi connectivity index (χ4n) is 2.14. The number of ether oxygens (including phenoxy) is 1. The molecule has 2 heterocycles. The maximum Gasteiger partial charge on any atom is 0.244 e. The molecule has 3 rings (SSSR count). The first-order valence-electron chi connectivity index (χ1n) is 7.19. The molecule has 3 aromatic rings. The first-order chi connectivity index (χ1) is 12.3. The molecule has 0 saturated carbocycles. The Morgan fingerprint density at radius 2 is 2.04 bits per heavy atom. The van der Waals surface area contributed by atoms with Gasteiger partial charge in [-0.15, -0.1) is 11.3 Å². The van der Waals surface area contributed by atoms with E-state index in [9.17, 15) is 8.42 Å². The van der Waals surface area contributed by atoms with Crippen molar-refractivity contribution >= 4 is 44.6 Å². The SMILES string of the molecule is COc1ccc(S(=O)(=O)N(C)Cc2nc(-c3cccs3)no2)c(Cl)c1Cl. The van der Waals surface area contributed by atoms with E-state index in [1.807, 2.05) is 17.5 Å². The smallest absolute Gasteiger partial charge is 0.244 e. The molecule has 0 amide bonds. The fraction of sp³-hybridized carbons (Fsp3) is 0.200. The number of benzene rings is 1. The summed E-state index contributed by atoms with van der Waals surface area (Å²) in [7, 11) is -1.12. The topological polar surface area (TPSA) is 85.5 Å². The Morgan fingerprint density at radius 3 is 2.69 bits per heavy atom. The van der Waals surface area contributed by atoms with E-state index >= 15 is 0 Å². The number of thiophene rings is 1. The van der Waals surface area contributed by atoms with Crippen molar-refractivity contribution in [3.8, 4) is 16.5 Å². The van der Waals surface area contributed by atoms with E-state index in [4.69, 9.17) is 32.5 Å². The molecular weight excluding hydrogens is 421 g/mol. The Morgan fingerprint density at radius 1 is 1.27 bits per heavy atom. The number of hydrogen-bond donors (Lipinski definition) is 0. The molecule has 2 aromatic heterocycles. The van der Waals surface area contributed by atoms with Crippen LogP contribution >= 0.6 is 34.5 Å². The average Bonchev–Trinajstić information content (AvgIpc) is 3.28. The van der Waals surface area contributed by atoms with Crippen molar-refractivity contribution in [2.24, 2.45) is 0 Å². The van der Waals surface area contributed by atoms with Gasteiger partial charge in [-0.05, 0) is 23.6 Å². The highest BCUT2D eigenvalue weighted by atomic mass is 35.5. The lowest BCUT2D eigenvalue weighted by Crippen LogP contribution is -2.27. The summed E-state index contributed by atoms with van der Waals surface area (Å²) in [5.74, 6) is 0.859. The van der Waals surface area contributed by atoms with E-state index in [0.29, 0.717) is 5.82 Å². The summed E-state index contributed by atoms with van der Waals surface area (Å²) in [6.07, 6.45) is 0. The second kappa shape index (κ2) is 7.53. The molecule has 26 heavy (non-hydrogen) atoms. The number of hydrogen-bond acceptors (Lipinski definition) is 7. The van der Waals surface area contributed by atoms with Gasteiger partial charge in [0, 0.05) is 7.05 Å². The van der Waals surface area contributed by atoms with Gasteiger partial charge in [-0.2, -0.15) is 9.29 Å². The van der Waals surface area contributed by atoms with Gasteiger partial charge < -0.3 is 9.26 Å². The van der Waals surface area contributed by atoms with Crippen LogP contribution in [-0.2, 0) is 16.6 Å². The summed E-state index contributed by atoms with van der Waals surface area (Å²) in [6.45, 7) is -0.110. The summed E-state index contributed by atoms with van der Waals surface area (Å²) >= 11 is 13.6. The minimum Gasteiger partial charge on any atom is -0.495 e. The van der Waals surface area contributed by atoms with Gasteiger partial charge in [0.15, 0.2) is 0 Å². The summed E-state index contributed by atoms with van der Waals surface area (Å²) < 4.78 is 36.8. The normalized spacial score (nSPS) is 11.9. The summed E-state index contributed by atoms with van der Waals surface area (Å²) in [6, 6.07) is 6.49. The van der Waals surface area contributed by atoms with Crippen LogP contribution in [0.5, 0.6) is 5.75 Å². The minimum absolute atomic E-state index is 0.0291. The molecule has 0 aliphatic heterocycles. The molecule has 0 fully saturated rings. The molecule has 0 saturated heterocycles. The lowest BCUT2D eigenvalue weighted by atomic mass is 10.3. The van der Waals surface area contributed by atoms with Crippen LogP contribution in [-0.4, -0.2) is 37.0 Å². The third kappa shape index (κ3) is 3.58. The van der Waals surface area contributed by atoms with E-state index in [2.05, 4.69) is 10.1 Å². The lowest BCUT2D eigenvalue weighted by Gasteiger charge is -2.17. The molecular formula is C15H13Cl2N3O4S2. The maximum atomic E-state index is 12.8. The van der Waals surface area contributed by atoms with Gasteiger partial charge >= 0.3 is 0 Å². The molecule has 0 N–H and O–H groups in total. The molecule has 0 spiro atoms. The molecule has 138 valence electrons. The Bertz CT molecular complexity index is 1020. The standard InChI is InChI=1S/C15H13Cl2N3O4S2/c1-20(8-12-18-15(19-24-12)10-4-3-7-25-10)26(21,22)11-6-5-9(23-2)13(16)14(11)17/h3-7H,8H2,1-2H3. The average molecular weight is 434 g/mol. The quantitative estimate of drug-likeness (QED) is 0.585. The highest BCUT2D eigenvalue weighted by Crippen LogP contribution is 2.37. The van der Waals surface area contributed by atoms with Crippen LogP contribution in [0.15, 0.2) is 39.1 Å². The first kappa shape index (κ1) is 19.1. The third-order valence-electron chi connectivity index (χ3n) is 3.49. The largest absolute Gasteiger partial charge is 0.495 e. The van der Waals surface area contributed by atoms with Gasteiger partial charge in [0.05, 0.1) is 23.6 Å². The third-order valence-corrected chi connectivity index (χ3v) is 7.18. The second-order valence-corrected chi connectivity index (χ2v) is 8.86. The molecule has 0 aliphatic rings. The van der Waals surface area contributed by atoms with E-state index < -0.39 is 10.0 Å². The van der Waals surface area contributed by atoms with Crippen molar-refractivity contribution < 1.29 is 17.7 Å². The zero-order valence-electron chi connectivity index (χ0n) is 13.6. The van der Waals surface area contributed by atoms with Crippen LogP contribution in [0.1, 0.15) is 5.89 Å². The monoisotopic (exact) mass is 433 g/mol. The number of sulfonamides is 1. The van der Waals surface area contributed by atoms with Crippen molar-refractivity contribution in [2.75, 3.05) is 14.2 Å². The zero-order chi connectivity index (χ0) is 18.9. The lowest BCUT2D eigenvalue weighted by molar-refractivity contribution is 0.337. The van der Waals surface area contributed by atoms with Crippen LogP contribution in [0, 0.1) is 0 Å². The Balaban J connectivity index is 1.85. The van der Waals surface area contributed by atoms with Gasteiger partial charge in [0.2, 0.25) is 21.7 Å². The van der Waals surface area contributed by atoms with Crippen LogP contribution in [0.4, 0.5) is 0 Å². The van der Waals surface area contributed by atoms with Gasteiger partial charge in [-0.3, -0.25) is 0 Å². The minimum atomic E-state index is -3.92. The van der Waals surface area contributed by atoms with Gasteiger partial charge in [0.25, 0.3) is 0 Å². The molecule has 0 unspecified atom stereocenters. The highest BCUT2D eigenvalue weighted by molar-refractivity contribution is 7.89. The van der Waals surface area contributed by atoms with Gasteiger partial charge in [-0.1, -0.05) is 34.4 Å². The molecule has 7 nitrogen and oxygen atoms in total. The Kier molecular flexibility index (Phi) is 5.54. The molecule has 1 aromatic carbocycles. The first-order valence-corrected chi connectivity index (χ1v) is 10.3. The summed E-state index contributed by atoms with van der Waals surface area (Å²) in [5, 5.41) is 5.67. The number of rotatable bonds is 6. The Labute approximate surface area is 164 Å². The van der Waals surface area contributed by atoms with Gasteiger partial charge in [-0.25, -0.2) is 8.42 Å². The summed E-state index contributed by atoms with van der Waals surface area (Å²) in [5.41, 5.74) is 0. The number of aromatic nitrogens is 2.